The number of imidazole rings is 1. The van der Waals surface area contributed by atoms with Crippen LogP contribution in [0.25, 0.3) is 11.0 Å². The van der Waals surface area contributed by atoms with E-state index in [0.717, 1.165) is 54.5 Å². The molecule has 2 aliphatic rings. The predicted octanol–water partition coefficient (Wildman–Crippen LogP) is 3.91. The third-order valence-corrected chi connectivity index (χ3v) is 8.59. The summed E-state index contributed by atoms with van der Waals surface area (Å²) in [5.41, 5.74) is 10.2. The van der Waals surface area contributed by atoms with Crippen LogP contribution in [0.2, 0.25) is 0 Å². The van der Waals surface area contributed by atoms with Crippen molar-refractivity contribution in [1.29, 1.82) is 0 Å². The average molecular weight is 597 g/mol. The summed E-state index contributed by atoms with van der Waals surface area (Å²) in [7, 11) is 0. The van der Waals surface area contributed by atoms with Gasteiger partial charge in [-0.3, -0.25) is 4.79 Å². The van der Waals surface area contributed by atoms with Crippen LogP contribution in [-0.2, 0) is 13.1 Å². The van der Waals surface area contributed by atoms with Gasteiger partial charge in [0.05, 0.1) is 11.0 Å². The second kappa shape index (κ2) is 14.5. The summed E-state index contributed by atoms with van der Waals surface area (Å²) in [4.78, 5) is 33.7. The Hall–Kier alpha value is -4.22. The Morgan fingerprint density at radius 3 is 2.41 bits per heavy atom. The number of para-hydroxylation sites is 2. The van der Waals surface area contributed by atoms with E-state index in [1.165, 1.54) is 37.7 Å². The van der Waals surface area contributed by atoms with Gasteiger partial charge in [-0.05, 0) is 55.6 Å². The lowest BCUT2D eigenvalue weighted by Gasteiger charge is -2.35. The third kappa shape index (κ3) is 7.83. The summed E-state index contributed by atoms with van der Waals surface area (Å²) >= 11 is 0. The zero-order chi connectivity index (χ0) is 30.1. The normalized spacial score (nSPS) is 16.0. The number of carbonyl (C=O) groups is 1. The highest BCUT2D eigenvalue weighted by Gasteiger charge is 2.25. The number of nitrogens with zero attached hydrogens (tertiary/aromatic N) is 5. The molecule has 0 radical (unpaired) electrons. The number of aromatic amines is 1. The molecule has 2 fully saturated rings. The van der Waals surface area contributed by atoms with Crippen molar-refractivity contribution < 1.29 is 4.79 Å². The molecule has 1 aliphatic heterocycles. The van der Waals surface area contributed by atoms with Crippen molar-refractivity contribution in [2.75, 3.05) is 55.2 Å². The van der Waals surface area contributed by atoms with E-state index in [9.17, 15) is 4.79 Å². The van der Waals surface area contributed by atoms with Gasteiger partial charge in [0, 0.05) is 51.4 Å². The van der Waals surface area contributed by atoms with Crippen LogP contribution in [0.15, 0.2) is 54.6 Å². The Morgan fingerprint density at radius 1 is 0.886 bits per heavy atom. The van der Waals surface area contributed by atoms with Crippen LogP contribution >= 0.6 is 0 Å². The molecule has 6 rings (SSSR count). The number of piperazine rings is 1. The number of nitrogen functional groups attached to an aromatic ring is 1. The molecule has 3 heterocycles. The van der Waals surface area contributed by atoms with E-state index in [2.05, 4.69) is 60.1 Å². The number of aromatic nitrogens is 4. The minimum absolute atomic E-state index is 0.0885. The Labute approximate surface area is 259 Å². The summed E-state index contributed by atoms with van der Waals surface area (Å²) in [5, 5.41) is 10.6. The number of fused-ring (bicyclic) bond motifs is 1. The first-order valence-corrected chi connectivity index (χ1v) is 16.0. The molecule has 2 aromatic heterocycles. The van der Waals surface area contributed by atoms with Gasteiger partial charge in [-0.2, -0.15) is 9.97 Å². The number of nitrogens with two attached hydrogens (primary N) is 1. The largest absolute Gasteiger partial charge is 0.383 e. The van der Waals surface area contributed by atoms with E-state index < -0.39 is 0 Å². The first-order chi connectivity index (χ1) is 21.6. The summed E-state index contributed by atoms with van der Waals surface area (Å²) < 4.78 is 0. The highest BCUT2D eigenvalue weighted by atomic mass is 16.2. The van der Waals surface area contributed by atoms with E-state index in [0.29, 0.717) is 50.3 Å². The maximum atomic E-state index is 13.1. The quantitative estimate of drug-likeness (QED) is 0.154. The molecule has 11 nitrogen and oxygen atoms in total. The van der Waals surface area contributed by atoms with Gasteiger partial charge in [0.15, 0.2) is 5.82 Å². The standard InChI is InChI=1S/C33H44N10O/c34-29-21-30(42-17-19-43(20-18-42)32(44)31-38-27-9-4-5-10-28(27)39-31)41-33(40-29)37-23-25-13-11-24(12-14-25)22-35-15-6-16-36-26-7-2-1-3-8-26/h4-5,9-14,21,26,35-36H,1-3,6-8,15-20,22-23H2,(H,38,39)(H3,34,37,40,41). The summed E-state index contributed by atoms with van der Waals surface area (Å²) in [6.07, 6.45) is 7.99. The molecule has 1 saturated heterocycles. The lowest BCUT2D eigenvalue weighted by atomic mass is 9.95. The van der Waals surface area contributed by atoms with Crippen LogP contribution in [0.1, 0.15) is 60.3 Å². The number of hydrogen-bond acceptors (Lipinski definition) is 9. The number of H-pyrrole nitrogens is 1. The fraction of sp³-hybridized carbons (Fsp3) is 0.455. The third-order valence-electron chi connectivity index (χ3n) is 8.59. The minimum Gasteiger partial charge on any atom is -0.383 e. The first kappa shape index (κ1) is 29.8. The van der Waals surface area contributed by atoms with Crippen LogP contribution in [-0.4, -0.2) is 76.1 Å². The van der Waals surface area contributed by atoms with Gasteiger partial charge in [-0.25, -0.2) is 4.98 Å². The number of benzene rings is 2. The molecule has 1 aliphatic carbocycles. The predicted molar refractivity (Wildman–Crippen MR) is 176 cm³/mol. The molecule has 232 valence electrons. The zero-order valence-corrected chi connectivity index (χ0v) is 25.4. The van der Waals surface area contributed by atoms with Crippen molar-refractivity contribution in [2.24, 2.45) is 0 Å². The number of hydrogen-bond donors (Lipinski definition) is 5. The van der Waals surface area contributed by atoms with Crippen molar-refractivity contribution in [3.8, 4) is 0 Å². The molecule has 0 atom stereocenters. The van der Waals surface area contributed by atoms with E-state index in [4.69, 9.17) is 10.7 Å². The van der Waals surface area contributed by atoms with Crippen LogP contribution in [0.3, 0.4) is 0 Å². The lowest BCUT2D eigenvalue weighted by Crippen LogP contribution is -2.49. The summed E-state index contributed by atoms with van der Waals surface area (Å²) in [6.45, 7) is 6.02. The lowest BCUT2D eigenvalue weighted by molar-refractivity contribution is 0.0735. The SMILES string of the molecule is Nc1cc(N2CCN(C(=O)c3nc4ccccc4[nH]3)CC2)nc(NCc2ccc(CNCCCNC3CCCCC3)cc2)n1. The Balaban J connectivity index is 0.935. The van der Waals surface area contributed by atoms with E-state index in [1.807, 2.05) is 29.2 Å². The average Bonchev–Trinajstić information content (AvgIpc) is 3.50. The van der Waals surface area contributed by atoms with Crippen LogP contribution in [0.4, 0.5) is 17.6 Å². The van der Waals surface area contributed by atoms with Gasteiger partial charge in [-0.15, -0.1) is 0 Å². The summed E-state index contributed by atoms with van der Waals surface area (Å²) in [5.74, 6) is 1.95. The molecule has 1 amide bonds. The van der Waals surface area contributed by atoms with Crippen LogP contribution in [0.5, 0.6) is 0 Å². The topological polar surface area (TPSA) is 140 Å². The van der Waals surface area contributed by atoms with Crippen molar-refractivity contribution in [3.05, 3.63) is 71.5 Å². The smallest absolute Gasteiger partial charge is 0.289 e. The van der Waals surface area contributed by atoms with Gasteiger partial charge in [0.2, 0.25) is 5.95 Å². The van der Waals surface area contributed by atoms with Gasteiger partial charge in [-0.1, -0.05) is 55.7 Å². The molecular weight excluding hydrogens is 552 g/mol. The summed E-state index contributed by atoms with van der Waals surface area (Å²) in [6, 6.07) is 18.8. The highest BCUT2D eigenvalue weighted by Crippen LogP contribution is 2.20. The maximum Gasteiger partial charge on any atom is 0.289 e. The zero-order valence-electron chi connectivity index (χ0n) is 25.4. The van der Waals surface area contributed by atoms with E-state index >= 15 is 0 Å². The second-order valence-corrected chi connectivity index (χ2v) is 11.8. The highest BCUT2D eigenvalue weighted by molar-refractivity contribution is 5.94. The second-order valence-electron chi connectivity index (χ2n) is 11.8. The van der Waals surface area contributed by atoms with Gasteiger partial charge in [0.25, 0.3) is 5.91 Å². The van der Waals surface area contributed by atoms with Gasteiger partial charge >= 0.3 is 0 Å². The first-order valence-electron chi connectivity index (χ1n) is 16.0. The van der Waals surface area contributed by atoms with Gasteiger partial charge in [0.1, 0.15) is 11.6 Å². The Morgan fingerprint density at radius 2 is 1.64 bits per heavy atom. The molecule has 0 unspecified atom stereocenters. The fourth-order valence-electron chi connectivity index (χ4n) is 6.05. The van der Waals surface area contributed by atoms with Crippen LogP contribution in [0, 0.1) is 0 Å². The fourth-order valence-corrected chi connectivity index (χ4v) is 6.05. The van der Waals surface area contributed by atoms with Crippen molar-refractivity contribution in [1.82, 2.24) is 35.5 Å². The Kier molecular flexibility index (Phi) is 9.83. The molecule has 44 heavy (non-hydrogen) atoms. The van der Waals surface area contributed by atoms with Crippen molar-refractivity contribution in [3.63, 3.8) is 0 Å². The molecule has 6 N–H and O–H groups in total. The molecule has 2 aromatic carbocycles. The van der Waals surface area contributed by atoms with Crippen molar-refractivity contribution >= 4 is 34.5 Å². The molecule has 0 bridgehead atoms. The molecule has 11 heteroatoms. The van der Waals surface area contributed by atoms with E-state index in [-0.39, 0.29) is 5.91 Å². The van der Waals surface area contributed by atoms with Gasteiger partial charge < -0.3 is 36.5 Å². The molecule has 1 saturated carbocycles. The monoisotopic (exact) mass is 596 g/mol. The molecule has 0 spiro atoms. The number of anilines is 3. The number of nitrogens with one attached hydrogen (secondary N) is 4. The Bertz CT molecular complexity index is 1470. The molecular formula is C33H44N10O. The minimum atomic E-state index is -0.0885. The van der Waals surface area contributed by atoms with E-state index in [1.54, 1.807) is 6.07 Å². The molecule has 4 aromatic rings. The van der Waals surface area contributed by atoms with Crippen LogP contribution < -0.4 is 26.6 Å². The van der Waals surface area contributed by atoms with Crippen molar-refractivity contribution in [2.45, 2.75) is 57.7 Å². The number of rotatable bonds is 12. The number of amides is 1. The maximum absolute atomic E-state index is 13.1. The number of carbonyl (C=O) groups excluding carboxylic acids is 1.